The van der Waals surface area contributed by atoms with Crippen LogP contribution in [-0.4, -0.2) is 44.8 Å². The monoisotopic (exact) mass is 409 g/mol. The molecule has 25 heavy (non-hydrogen) atoms. The van der Waals surface area contributed by atoms with Crippen molar-refractivity contribution in [2.75, 3.05) is 31.5 Å². The van der Waals surface area contributed by atoms with Gasteiger partial charge in [-0.1, -0.05) is 25.4 Å². The number of amides is 1. The maximum Gasteiger partial charge on any atom is 0.244 e. The third-order valence-corrected chi connectivity index (χ3v) is 6.49. The molecule has 0 spiro atoms. The minimum Gasteiger partial charge on any atom is -0.325 e. The molecule has 2 rings (SSSR count). The van der Waals surface area contributed by atoms with E-state index in [1.807, 2.05) is 0 Å². The van der Waals surface area contributed by atoms with Gasteiger partial charge in [-0.2, -0.15) is 4.31 Å². The Morgan fingerprint density at radius 1 is 1.28 bits per heavy atom. The highest BCUT2D eigenvalue weighted by molar-refractivity contribution is 7.89. The molecule has 0 aromatic heterocycles. The number of halogens is 2. The van der Waals surface area contributed by atoms with Crippen LogP contribution in [0.4, 0.5) is 5.69 Å². The molecule has 0 heterocycles. The summed E-state index contributed by atoms with van der Waals surface area (Å²) >= 11 is 6.07. The van der Waals surface area contributed by atoms with Crippen molar-refractivity contribution in [1.29, 1.82) is 0 Å². The van der Waals surface area contributed by atoms with Gasteiger partial charge in [0.25, 0.3) is 0 Å². The van der Waals surface area contributed by atoms with Crippen LogP contribution in [0.2, 0.25) is 5.02 Å². The first-order chi connectivity index (χ1) is 11.4. The summed E-state index contributed by atoms with van der Waals surface area (Å²) in [5.41, 5.74) is 0.420. The average molecular weight is 410 g/mol. The van der Waals surface area contributed by atoms with Gasteiger partial charge in [-0.3, -0.25) is 4.79 Å². The fourth-order valence-corrected chi connectivity index (χ4v) is 4.36. The summed E-state index contributed by atoms with van der Waals surface area (Å²) < 4.78 is 26.6. The van der Waals surface area contributed by atoms with Gasteiger partial charge in [-0.15, -0.1) is 12.4 Å². The zero-order valence-electron chi connectivity index (χ0n) is 14.4. The summed E-state index contributed by atoms with van der Waals surface area (Å²) in [7, 11) is -3.68. The molecule has 0 bridgehead atoms. The molecule has 1 fully saturated rings. The molecule has 1 aliphatic rings. The summed E-state index contributed by atoms with van der Waals surface area (Å²) in [4.78, 5) is 12.0. The molecular formula is C16H25Cl2N3O3S. The van der Waals surface area contributed by atoms with E-state index in [0.29, 0.717) is 24.7 Å². The molecule has 0 unspecified atom stereocenters. The maximum atomic E-state index is 12.6. The minimum absolute atomic E-state index is 0. The largest absolute Gasteiger partial charge is 0.325 e. The van der Waals surface area contributed by atoms with E-state index in [1.165, 1.54) is 29.3 Å². The predicted octanol–water partition coefficient (Wildman–Crippen LogP) is 2.73. The van der Waals surface area contributed by atoms with Crippen LogP contribution in [0, 0.1) is 5.92 Å². The van der Waals surface area contributed by atoms with Crippen LogP contribution < -0.4 is 10.6 Å². The molecule has 2 N–H and O–H groups in total. The van der Waals surface area contributed by atoms with Crippen LogP contribution in [0.1, 0.15) is 26.7 Å². The number of carbonyl (C=O) groups excluding carboxylic acids is 1. The van der Waals surface area contributed by atoms with Crippen molar-refractivity contribution in [3.63, 3.8) is 0 Å². The van der Waals surface area contributed by atoms with E-state index >= 15 is 0 Å². The molecule has 1 saturated carbocycles. The number of nitrogens with zero attached hydrogens (tertiary/aromatic N) is 1. The summed E-state index contributed by atoms with van der Waals surface area (Å²) in [5, 5.41) is 5.95. The van der Waals surface area contributed by atoms with Gasteiger partial charge in [0.05, 0.1) is 11.6 Å². The lowest BCUT2D eigenvalue weighted by Crippen LogP contribution is -2.31. The van der Waals surface area contributed by atoms with E-state index in [4.69, 9.17) is 11.6 Å². The quantitative estimate of drug-likeness (QED) is 0.656. The van der Waals surface area contributed by atoms with Gasteiger partial charge in [0, 0.05) is 18.8 Å². The van der Waals surface area contributed by atoms with Gasteiger partial charge in [0.1, 0.15) is 4.90 Å². The molecule has 9 heteroatoms. The SMILES string of the molecule is CCN(CC)S(=O)(=O)c1cc(NC(=O)CNCC2CC2)ccc1Cl.Cl. The third-order valence-electron chi connectivity index (χ3n) is 3.95. The molecular weight excluding hydrogens is 385 g/mol. The van der Waals surface area contributed by atoms with Crippen molar-refractivity contribution in [2.45, 2.75) is 31.6 Å². The zero-order chi connectivity index (χ0) is 17.7. The number of carbonyl (C=O) groups is 1. The smallest absolute Gasteiger partial charge is 0.244 e. The van der Waals surface area contributed by atoms with Gasteiger partial charge >= 0.3 is 0 Å². The van der Waals surface area contributed by atoms with Gasteiger partial charge in [-0.25, -0.2) is 8.42 Å². The van der Waals surface area contributed by atoms with E-state index in [2.05, 4.69) is 10.6 Å². The lowest BCUT2D eigenvalue weighted by Gasteiger charge is -2.19. The van der Waals surface area contributed by atoms with Crippen molar-refractivity contribution in [1.82, 2.24) is 9.62 Å². The Labute approximate surface area is 160 Å². The van der Waals surface area contributed by atoms with Crippen molar-refractivity contribution in [2.24, 2.45) is 5.92 Å². The highest BCUT2D eigenvalue weighted by Crippen LogP contribution is 2.28. The Morgan fingerprint density at radius 3 is 2.48 bits per heavy atom. The normalized spacial score (nSPS) is 14.2. The summed E-state index contributed by atoms with van der Waals surface area (Å²) in [5.74, 6) is 0.489. The maximum absolute atomic E-state index is 12.6. The first-order valence-electron chi connectivity index (χ1n) is 8.18. The Balaban J connectivity index is 0.00000312. The van der Waals surface area contributed by atoms with E-state index in [9.17, 15) is 13.2 Å². The molecule has 1 aliphatic carbocycles. The summed E-state index contributed by atoms with van der Waals surface area (Å²) in [6, 6.07) is 4.50. The van der Waals surface area contributed by atoms with E-state index in [1.54, 1.807) is 19.9 Å². The second kappa shape index (κ2) is 9.73. The summed E-state index contributed by atoms with van der Waals surface area (Å²) in [6.45, 7) is 5.30. The standard InChI is InChI=1S/C16H24ClN3O3S.ClH/c1-3-20(4-2)24(22,23)15-9-13(7-8-14(15)17)19-16(21)11-18-10-12-5-6-12;/h7-9,12,18H,3-6,10-11H2,1-2H3,(H,19,21);1H. The molecule has 1 amide bonds. The van der Waals surface area contributed by atoms with Gasteiger partial charge < -0.3 is 10.6 Å². The number of hydrogen-bond acceptors (Lipinski definition) is 4. The van der Waals surface area contributed by atoms with Crippen LogP contribution in [0.3, 0.4) is 0 Å². The zero-order valence-corrected chi connectivity index (χ0v) is 16.8. The van der Waals surface area contributed by atoms with Crippen LogP contribution in [0.25, 0.3) is 0 Å². The molecule has 0 saturated heterocycles. The van der Waals surface area contributed by atoms with Gasteiger partial charge in [-0.05, 0) is 43.5 Å². The van der Waals surface area contributed by atoms with E-state index in [-0.39, 0.29) is 34.8 Å². The van der Waals surface area contributed by atoms with Crippen molar-refractivity contribution >= 4 is 45.6 Å². The van der Waals surface area contributed by atoms with Crippen molar-refractivity contribution < 1.29 is 13.2 Å². The highest BCUT2D eigenvalue weighted by atomic mass is 35.5. The predicted molar refractivity (Wildman–Crippen MR) is 103 cm³/mol. The molecule has 0 radical (unpaired) electrons. The number of sulfonamides is 1. The lowest BCUT2D eigenvalue weighted by atomic mass is 10.3. The Hall–Kier alpha value is -0.860. The number of hydrogen-bond donors (Lipinski definition) is 2. The molecule has 1 aromatic rings. The lowest BCUT2D eigenvalue weighted by molar-refractivity contribution is -0.115. The van der Waals surface area contributed by atoms with E-state index in [0.717, 1.165) is 6.54 Å². The number of anilines is 1. The first kappa shape index (κ1) is 22.2. The number of nitrogens with one attached hydrogen (secondary N) is 2. The van der Waals surface area contributed by atoms with Crippen LogP contribution >= 0.6 is 24.0 Å². The molecule has 0 aliphatic heterocycles. The molecule has 6 nitrogen and oxygen atoms in total. The molecule has 1 aromatic carbocycles. The van der Waals surface area contributed by atoms with Crippen LogP contribution in [0.15, 0.2) is 23.1 Å². The highest BCUT2D eigenvalue weighted by Gasteiger charge is 2.25. The van der Waals surface area contributed by atoms with Gasteiger partial charge in [0.2, 0.25) is 15.9 Å². The van der Waals surface area contributed by atoms with Crippen molar-refractivity contribution in [3.05, 3.63) is 23.2 Å². The second-order valence-corrected chi connectivity index (χ2v) is 8.17. The third kappa shape index (κ3) is 6.11. The average Bonchev–Trinajstić information content (AvgIpc) is 3.34. The van der Waals surface area contributed by atoms with Crippen molar-refractivity contribution in [3.8, 4) is 0 Å². The Morgan fingerprint density at radius 2 is 1.92 bits per heavy atom. The summed E-state index contributed by atoms with van der Waals surface area (Å²) in [6.07, 6.45) is 2.44. The minimum atomic E-state index is -3.68. The fourth-order valence-electron chi connectivity index (χ4n) is 2.40. The number of rotatable bonds is 9. The fraction of sp³-hybridized carbons (Fsp3) is 0.562. The Bertz CT molecular complexity index is 690. The van der Waals surface area contributed by atoms with E-state index < -0.39 is 10.0 Å². The Kier molecular flexibility index (Phi) is 8.63. The first-order valence-corrected chi connectivity index (χ1v) is 10.0. The van der Waals surface area contributed by atoms with Crippen LogP contribution in [-0.2, 0) is 14.8 Å². The topological polar surface area (TPSA) is 78.5 Å². The molecule has 142 valence electrons. The second-order valence-electron chi connectivity index (χ2n) is 5.86. The number of benzene rings is 1. The van der Waals surface area contributed by atoms with Gasteiger partial charge in [0.15, 0.2) is 0 Å². The van der Waals surface area contributed by atoms with Crippen LogP contribution in [0.5, 0.6) is 0 Å². The molecule has 0 atom stereocenters.